The summed E-state index contributed by atoms with van der Waals surface area (Å²) >= 11 is 0. The summed E-state index contributed by atoms with van der Waals surface area (Å²) < 4.78 is 5.74. The maximum atomic E-state index is 12.2. The van der Waals surface area contributed by atoms with Gasteiger partial charge in [-0.15, -0.1) is 0 Å². The molecule has 3 rings (SSSR count). The molecule has 1 fully saturated rings. The van der Waals surface area contributed by atoms with Crippen molar-refractivity contribution in [2.75, 3.05) is 32.8 Å². The van der Waals surface area contributed by atoms with Crippen LogP contribution >= 0.6 is 0 Å². The van der Waals surface area contributed by atoms with Gasteiger partial charge in [0, 0.05) is 13.1 Å². The van der Waals surface area contributed by atoms with Crippen LogP contribution in [-0.4, -0.2) is 54.3 Å². The number of nitrogens with one attached hydrogen (secondary N) is 1. The summed E-state index contributed by atoms with van der Waals surface area (Å²) in [6.45, 7) is 2.44. The second kappa shape index (κ2) is 9.53. The van der Waals surface area contributed by atoms with Gasteiger partial charge in [0.2, 0.25) is 5.91 Å². The quantitative estimate of drug-likeness (QED) is 0.750. The van der Waals surface area contributed by atoms with Crippen LogP contribution in [-0.2, 0) is 11.2 Å². The minimum absolute atomic E-state index is 0.000779. The Kier molecular flexibility index (Phi) is 6.85. The van der Waals surface area contributed by atoms with Crippen molar-refractivity contribution in [2.24, 2.45) is 0 Å². The fraction of sp³-hybridized carbons (Fsp3) is 0.409. The summed E-state index contributed by atoms with van der Waals surface area (Å²) in [4.78, 5) is 14.2. The first-order valence-electron chi connectivity index (χ1n) is 9.56. The molecule has 0 aromatic heterocycles. The number of aliphatic hydroxyl groups is 1. The zero-order valence-corrected chi connectivity index (χ0v) is 15.6. The van der Waals surface area contributed by atoms with Gasteiger partial charge in [-0.2, -0.15) is 0 Å². The second-order valence-electron chi connectivity index (χ2n) is 7.23. The second-order valence-corrected chi connectivity index (χ2v) is 7.23. The van der Waals surface area contributed by atoms with Crippen LogP contribution in [0.4, 0.5) is 0 Å². The van der Waals surface area contributed by atoms with Crippen molar-refractivity contribution in [1.29, 1.82) is 0 Å². The van der Waals surface area contributed by atoms with Crippen LogP contribution in [0.2, 0.25) is 0 Å². The van der Waals surface area contributed by atoms with E-state index in [9.17, 15) is 9.90 Å². The van der Waals surface area contributed by atoms with Gasteiger partial charge in [0.15, 0.2) is 0 Å². The average Bonchev–Trinajstić information content (AvgIpc) is 2.68. The number of para-hydroxylation sites is 1. The van der Waals surface area contributed by atoms with Gasteiger partial charge in [-0.3, -0.25) is 9.69 Å². The number of nitrogens with zero attached hydrogens (tertiary/aromatic N) is 1. The van der Waals surface area contributed by atoms with Crippen molar-refractivity contribution < 1.29 is 14.6 Å². The lowest BCUT2D eigenvalue weighted by molar-refractivity contribution is -0.124. The first-order valence-corrected chi connectivity index (χ1v) is 9.56. The Morgan fingerprint density at radius 1 is 1.11 bits per heavy atom. The van der Waals surface area contributed by atoms with Crippen LogP contribution in [0.25, 0.3) is 0 Å². The number of amides is 1. The highest BCUT2D eigenvalue weighted by Gasteiger charge is 2.34. The summed E-state index contributed by atoms with van der Waals surface area (Å²) in [5.41, 5.74) is 0.293. The molecule has 1 amide bonds. The Labute approximate surface area is 161 Å². The van der Waals surface area contributed by atoms with E-state index in [-0.39, 0.29) is 12.5 Å². The molecule has 1 atom stereocenters. The molecule has 0 aliphatic carbocycles. The molecule has 2 N–H and O–H groups in total. The van der Waals surface area contributed by atoms with E-state index in [1.165, 1.54) is 5.56 Å². The number of hydrogen-bond acceptors (Lipinski definition) is 4. The smallest absolute Gasteiger partial charge is 0.234 e. The molecule has 5 nitrogen and oxygen atoms in total. The number of piperidine rings is 1. The van der Waals surface area contributed by atoms with Gasteiger partial charge >= 0.3 is 0 Å². The molecule has 27 heavy (non-hydrogen) atoms. The molecular weight excluding hydrogens is 340 g/mol. The van der Waals surface area contributed by atoms with Crippen LogP contribution in [0.3, 0.4) is 0 Å². The molecule has 5 heteroatoms. The van der Waals surface area contributed by atoms with Crippen LogP contribution in [0.5, 0.6) is 5.75 Å². The van der Waals surface area contributed by atoms with E-state index in [4.69, 9.17) is 4.74 Å². The Balaban J connectivity index is 1.41. The SMILES string of the molecule is O=C(CN1CCC[C@](O)(COc2ccccc2)C1)NCCc1ccccc1. The number of β-amino-alcohol motifs (C(OH)–C–C–N with tert-alkyl or cyclic N) is 1. The number of hydrogen-bond donors (Lipinski definition) is 2. The highest BCUT2D eigenvalue weighted by Crippen LogP contribution is 2.22. The zero-order chi connectivity index (χ0) is 19.0. The van der Waals surface area contributed by atoms with Crippen LogP contribution in [0, 0.1) is 0 Å². The molecule has 0 saturated carbocycles. The van der Waals surface area contributed by atoms with E-state index in [0.29, 0.717) is 26.1 Å². The molecule has 1 saturated heterocycles. The van der Waals surface area contributed by atoms with Gasteiger partial charge in [-0.25, -0.2) is 0 Å². The first-order chi connectivity index (χ1) is 13.1. The molecule has 0 radical (unpaired) electrons. The van der Waals surface area contributed by atoms with E-state index < -0.39 is 5.60 Å². The monoisotopic (exact) mass is 368 g/mol. The topological polar surface area (TPSA) is 61.8 Å². The average molecular weight is 368 g/mol. The third-order valence-electron chi connectivity index (χ3n) is 4.83. The lowest BCUT2D eigenvalue weighted by Gasteiger charge is -2.38. The third kappa shape index (κ3) is 6.38. The number of likely N-dealkylation sites (tertiary alicyclic amines) is 1. The fourth-order valence-corrected chi connectivity index (χ4v) is 3.44. The van der Waals surface area contributed by atoms with Crippen LogP contribution in [0.1, 0.15) is 18.4 Å². The predicted octanol–water partition coefficient (Wildman–Crippen LogP) is 2.25. The normalized spacial score (nSPS) is 20.2. The molecule has 0 bridgehead atoms. The first kappa shape index (κ1) is 19.4. The third-order valence-corrected chi connectivity index (χ3v) is 4.83. The maximum Gasteiger partial charge on any atom is 0.234 e. The molecule has 1 heterocycles. The van der Waals surface area contributed by atoms with Crippen molar-refractivity contribution in [1.82, 2.24) is 10.2 Å². The van der Waals surface area contributed by atoms with Gasteiger partial charge in [-0.1, -0.05) is 48.5 Å². The lowest BCUT2D eigenvalue weighted by Crippen LogP contribution is -2.53. The van der Waals surface area contributed by atoms with Gasteiger partial charge < -0.3 is 15.2 Å². The number of ether oxygens (including phenoxy) is 1. The van der Waals surface area contributed by atoms with Crippen molar-refractivity contribution in [3.8, 4) is 5.75 Å². The minimum atomic E-state index is -0.918. The van der Waals surface area contributed by atoms with Gasteiger partial charge in [0.25, 0.3) is 0 Å². The number of rotatable bonds is 8. The fourth-order valence-electron chi connectivity index (χ4n) is 3.44. The number of carbonyl (C=O) groups is 1. The van der Waals surface area contributed by atoms with Gasteiger partial charge in [0.05, 0.1) is 6.54 Å². The van der Waals surface area contributed by atoms with Crippen LogP contribution < -0.4 is 10.1 Å². The predicted molar refractivity (Wildman–Crippen MR) is 106 cm³/mol. The minimum Gasteiger partial charge on any atom is -0.491 e. The summed E-state index contributed by atoms with van der Waals surface area (Å²) in [7, 11) is 0. The number of carbonyl (C=O) groups excluding carboxylic acids is 1. The molecular formula is C22H28N2O3. The zero-order valence-electron chi connectivity index (χ0n) is 15.6. The molecule has 0 spiro atoms. The standard InChI is InChI=1S/C22H28N2O3/c25-21(23-14-12-19-8-3-1-4-9-19)16-24-15-7-13-22(26,17-24)18-27-20-10-5-2-6-11-20/h1-6,8-11,26H,7,12-18H2,(H,23,25)/t22-/m1/s1. The Bertz CT molecular complexity index is 708. The largest absolute Gasteiger partial charge is 0.491 e. The van der Waals surface area contributed by atoms with Gasteiger partial charge in [-0.05, 0) is 43.5 Å². The summed E-state index contributed by atoms with van der Waals surface area (Å²) in [5.74, 6) is 0.751. The molecule has 2 aromatic carbocycles. The van der Waals surface area contributed by atoms with E-state index in [2.05, 4.69) is 17.4 Å². The van der Waals surface area contributed by atoms with Crippen molar-refractivity contribution in [3.63, 3.8) is 0 Å². The van der Waals surface area contributed by atoms with Gasteiger partial charge in [0.1, 0.15) is 18.0 Å². The van der Waals surface area contributed by atoms with Crippen molar-refractivity contribution in [3.05, 3.63) is 66.2 Å². The summed E-state index contributed by atoms with van der Waals surface area (Å²) in [6, 6.07) is 19.6. The van der Waals surface area contributed by atoms with E-state index in [0.717, 1.165) is 25.1 Å². The lowest BCUT2D eigenvalue weighted by atomic mass is 9.93. The molecule has 1 aliphatic heterocycles. The Morgan fingerprint density at radius 2 is 1.81 bits per heavy atom. The summed E-state index contributed by atoms with van der Waals surface area (Å²) in [5, 5.41) is 13.8. The molecule has 1 aliphatic rings. The Hall–Kier alpha value is -2.37. The molecule has 2 aromatic rings. The summed E-state index contributed by atoms with van der Waals surface area (Å²) in [6.07, 6.45) is 2.36. The highest BCUT2D eigenvalue weighted by molar-refractivity contribution is 5.78. The maximum absolute atomic E-state index is 12.2. The van der Waals surface area contributed by atoms with E-state index in [1.54, 1.807) is 0 Å². The van der Waals surface area contributed by atoms with Crippen molar-refractivity contribution >= 4 is 5.91 Å². The van der Waals surface area contributed by atoms with Crippen molar-refractivity contribution in [2.45, 2.75) is 24.9 Å². The number of benzene rings is 2. The van der Waals surface area contributed by atoms with Crippen LogP contribution in [0.15, 0.2) is 60.7 Å². The molecule has 0 unspecified atom stereocenters. The highest BCUT2D eigenvalue weighted by atomic mass is 16.5. The van der Waals surface area contributed by atoms with E-state index in [1.807, 2.05) is 53.4 Å². The molecule has 144 valence electrons. The van der Waals surface area contributed by atoms with E-state index >= 15 is 0 Å². The Morgan fingerprint density at radius 3 is 2.56 bits per heavy atom.